The van der Waals surface area contributed by atoms with Crippen molar-refractivity contribution in [2.75, 3.05) is 25.3 Å². The Labute approximate surface area is 169 Å². The number of hydrogen-bond donors (Lipinski definition) is 1. The molecular formula is C19H18BrN5OS. The number of carbonyl (C=O) groups is 1. The number of thioether (sulfide) groups is 1. The third-order valence-electron chi connectivity index (χ3n) is 4.47. The maximum absolute atomic E-state index is 12.8. The first-order valence-corrected chi connectivity index (χ1v) is 10.4. The molecule has 2 aromatic carbocycles. The lowest BCUT2D eigenvalue weighted by Gasteiger charge is -2.34. The van der Waals surface area contributed by atoms with Gasteiger partial charge in [0.2, 0.25) is 0 Å². The Bertz CT molecular complexity index is 1060. The highest BCUT2D eigenvalue weighted by Crippen LogP contribution is 2.31. The summed E-state index contributed by atoms with van der Waals surface area (Å²) in [5.74, 6) is -0.168. The number of fused-ring (bicyclic) bond motifs is 2. The minimum absolute atomic E-state index is 0.168. The number of hydrazone groups is 1. The predicted octanol–water partition coefficient (Wildman–Crippen LogP) is 2.02. The second-order valence-electron chi connectivity index (χ2n) is 6.41. The van der Waals surface area contributed by atoms with Crippen LogP contribution in [0.1, 0.15) is 11.7 Å². The summed E-state index contributed by atoms with van der Waals surface area (Å²) in [6.07, 6.45) is 1.49. The summed E-state index contributed by atoms with van der Waals surface area (Å²) in [6.45, 7) is 0. The second kappa shape index (κ2) is 7.01. The largest absolute Gasteiger partial charge is 0.378 e. The summed E-state index contributed by atoms with van der Waals surface area (Å²) in [5.41, 5.74) is 2.60. The molecule has 0 aliphatic carbocycles. The van der Waals surface area contributed by atoms with E-state index in [4.69, 9.17) is 4.99 Å². The number of amides is 1. The molecule has 1 atom stereocenters. The molecule has 2 aromatic rings. The van der Waals surface area contributed by atoms with Gasteiger partial charge in [0, 0.05) is 29.5 Å². The molecule has 4 rings (SSSR count). The van der Waals surface area contributed by atoms with Gasteiger partial charge in [-0.2, -0.15) is 0 Å². The number of carbonyl (C=O) groups excluding carboxylic acids is 1. The van der Waals surface area contributed by atoms with Crippen molar-refractivity contribution in [2.24, 2.45) is 10.1 Å². The standard InChI is InChI=1S/C19H18BrN5OS/c1-24(2)13-7-4-11(5-8-13)17-21-15-9-6-12(20)10-14(15)16-18(26)22-19(27-3)23-25(16)17/h4-10,17H,1-3H3,(H,22,23,26). The Morgan fingerprint density at radius 3 is 2.59 bits per heavy atom. The Morgan fingerprint density at radius 1 is 1.19 bits per heavy atom. The van der Waals surface area contributed by atoms with E-state index in [-0.39, 0.29) is 5.91 Å². The molecule has 0 aromatic heterocycles. The molecule has 138 valence electrons. The van der Waals surface area contributed by atoms with Gasteiger partial charge in [-0.25, -0.2) is 5.01 Å². The van der Waals surface area contributed by atoms with Crippen molar-refractivity contribution in [3.63, 3.8) is 0 Å². The van der Waals surface area contributed by atoms with Gasteiger partial charge in [-0.3, -0.25) is 15.1 Å². The third-order valence-corrected chi connectivity index (χ3v) is 5.53. The molecule has 2 aliphatic rings. The fraction of sp³-hybridized carbons (Fsp3) is 0.211. The predicted molar refractivity (Wildman–Crippen MR) is 113 cm³/mol. The van der Waals surface area contributed by atoms with E-state index in [0.717, 1.165) is 26.3 Å². The van der Waals surface area contributed by atoms with E-state index in [9.17, 15) is 4.79 Å². The van der Waals surface area contributed by atoms with Gasteiger partial charge in [0.05, 0.1) is 5.36 Å². The molecule has 8 heteroatoms. The van der Waals surface area contributed by atoms with Gasteiger partial charge in [-0.05, 0) is 42.2 Å². The van der Waals surface area contributed by atoms with E-state index >= 15 is 0 Å². The molecule has 1 amide bonds. The van der Waals surface area contributed by atoms with Crippen molar-refractivity contribution >= 4 is 50.2 Å². The SMILES string of the molecule is CSC1=NN2C(=c3cc(Br)ccc3=NC2c2ccc(N(C)C)cc2)C(=O)N1. The summed E-state index contributed by atoms with van der Waals surface area (Å²) >= 11 is 4.88. The molecule has 0 spiro atoms. The summed E-state index contributed by atoms with van der Waals surface area (Å²) in [5, 5.41) is 11.3. The van der Waals surface area contributed by atoms with Gasteiger partial charge in [-0.15, -0.1) is 5.10 Å². The fourth-order valence-corrected chi connectivity index (χ4v) is 3.83. The van der Waals surface area contributed by atoms with Crippen LogP contribution in [0.4, 0.5) is 5.69 Å². The molecule has 0 bridgehead atoms. The van der Waals surface area contributed by atoms with Crippen molar-refractivity contribution in [2.45, 2.75) is 6.17 Å². The van der Waals surface area contributed by atoms with Crippen LogP contribution in [0.25, 0.3) is 5.70 Å². The van der Waals surface area contributed by atoms with Crippen LogP contribution in [0.15, 0.2) is 57.0 Å². The second-order valence-corrected chi connectivity index (χ2v) is 8.12. The smallest absolute Gasteiger partial charge is 0.276 e. The zero-order valence-electron chi connectivity index (χ0n) is 15.1. The Hall–Kier alpha value is -2.32. The van der Waals surface area contributed by atoms with Gasteiger partial charge in [0.1, 0.15) is 5.70 Å². The van der Waals surface area contributed by atoms with Gasteiger partial charge in [-0.1, -0.05) is 39.8 Å². The minimum Gasteiger partial charge on any atom is -0.378 e. The van der Waals surface area contributed by atoms with Crippen molar-refractivity contribution < 1.29 is 4.79 Å². The first kappa shape index (κ1) is 18.1. The minimum atomic E-state index is -0.391. The van der Waals surface area contributed by atoms with Crippen molar-refractivity contribution in [3.05, 3.63) is 63.1 Å². The number of amidine groups is 1. The number of nitrogens with zero attached hydrogens (tertiary/aromatic N) is 4. The fourth-order valence-electron chi connectivity index (χ4n) is 3.11. The zero-order valence-corrected chi connectivity index (χ0v) is 17.5. The van der Waals surface area contributed by atoms with Crippen LogP contribution in [0.2, 0.25) is 0 Å². The average Bonchev–Trinajstić information content (AvgIpc) is 2.67. The third kappa shape index (κ3) is 3.23. The van der Waals surface area contributed by atoms with E-state index in [0.29, 0.717) is 10.9 Å². The number of rotatable bonds is 2. The normalized spacial score (nSPS) is 18.1. The monoisotopic (exact) mass is 443 g/mol. The number of nitrogens with one attached hydrogen (secondary N) is 1. The molecule has 0 fully saturated rings. The van der Waals surface area contributed by atoms with Crippen molar-refractivity contribution in [3.8, 4) is 0 Å². The van der Waals surface area contributed by atoms with E-state index < -0.39 is 6.17 Å². The van der Waals surface area contributed by atoms with Gasteiger partial charge in [0.25, 0.3) is 5.91 Å². The van der Waals surface area contributed by atoms with E-state index in [1.165, 1.54) is 11.8 Å². The average molecular weight is 444 g/mol. The van der Waals surface area contributed by atoms with Crippen molar-refractivity contribution in [1.29, 1.82) is 0 Å². The maximum Gasteiger partial charge on any atom is 0.276 e. The van der Waals surface area contributed by atoms with Crippen LogP contribution in [0.3, 0.4) is 0 Å². The molecule has 6 nitrogen and oxygen atoms in total. The van der Waals surface area contributed by atoms with Crippen LogP contribution in [-0.2, 0) is 4.79 Å². The van der Waals surface area contributed by atoms with Crippen LogP contribution in [-0.4, -0.2) is 36.4 Å². The molecule has 1 N–H and O–H groups in total. The van der Waals surface area contributed by atoms with Crippen LogP contribution in [0, 0.1) is 0 Å². The summed E-state index contributed by atoms with van der Waals surface area (Å²) in [7, 11) is 4.01. The number of hydrogen-bond acceptors (Lipinski definition) is 6. The molecular weight excluding hydrogens is 426 g/mol. The zero-order chi connectivity index (χ0) is 19.1. The van der Waals surface area contributed by atoms with Crippen LogP contribution in [0.5, 0.6) is 0 Å². The topological polar surface area (TPSA) is 60.3 Å². The van der Waals surface area contributed by atoms with E-state index in [2.05, 4.69) is 26.3 Å². The highest BCUT2D eigenvalue weighted by molar-refractivity contribution is 9.10. The summed E-state index contributed by atoms with van der Waals surface area (Å²) in [6, 6.07) is 13.9. The lowest BCUT2D eigenvalue weighted by atomic mass is 10.1. The highest BCUT2D eigenvalue weighted by Gasteiger charge is 2.34. The Kier molecular flexibility index (Phi) is 4.69. The molecule has 0 saturated heterocycles. The van der Waals surface area contributed by atoms with Gasteiger partial charge < -0.3 is 4.90 Å². The lowest BCUT2D eigenvalue weighted by molar-refractivity contribution is -0.116. The van der Waals surface area contributed by atoms with E-state index in [1.807, 2.05) is 67.7 Å². The van der Waals surface area contributed by atoms with Crippen LogP contribution < -0.4 is 20.8 Å². The quantitative estimate of drug-likeness (QED) is 0.770. The van der Waals surface area contributed by atoms with Gasteiger partial charge >= 0.3 is 0 Å². The van der Waals surface area contributed by atoms with E-state index in [1.54, 1.807) is 5.01 Å². The Morgan fingerprint density at radius 2 is 1.93 bits per heavy atom. The molecule has 0 saturated carbocycles. The van der Waals surface area contributed by atoms with Crippen LogP contribution >= 0.6 is 27.7 Å². The Balaban J connectivity index is 1.92. The molecule has 0 radical (unpaired) electrons. The molecule has 1 unspecified atom stereocenters. The lowest BCUT2D eigenvalue weighted by Crippen LogP contribution is -2.50. The highest BCUT2D eigenvalue weighted by atomic mass is 79.9. The summed E-state index contributed by atoms with van der Waals surface area (Å²) < 4.78 is 0.894. The molecule has 27 heavy (non-hydrogen) atoms. The molecule has 2 heterocycles. The molecule has 2 aliphatic heterocycles. The number of benzene rings is 2. The summed E-state index contributed by atoms with van der Waals surface area (Å²) in [4.78, 5) is 19.8. The van der Waals surface area contributed by atoms with Gasteiger partial charge in [0.15, 0.2) is 11.3 Å². The van der Waals surface area contributed by atoms with Crippen molar-refractivity contribution in [1.82, 2.24) is 10.3 Å². The maximum atomic E-state index is 12.8. The first-order chi connectivity index (χ1) is 13.0. The number of anilines is 1. The first-order valence-electron chi connectivity index (χ1n) is 8.36. The number of halogens is 1.